The van der Waals surface area contributed by atoms with E-state index in [1.165, 1.54) is 22.0 Å². The molecule has 152 valence electrons. The van der Waals surface area contributed by atoms with E-state index in [2.05, 4.69) is 22.8 Å². The SMILES string of the molecule is CC(CCc1ccccc1)NC(=O)Nc1ccc(S(=O)(=O)N(C)C(C)C)cc1. The Hall–Kier alpha value is -2.38. The quantitative estimate of drug-likeness (QED) is 0.702. The van der Waals surface area contributed by atoms with Crippen molar-refractivity contribution in [1.82, 2.24) is 9.62 Å². The number of urea groups is 1. The summed E-state index contributed by atoms with van der Waals surface area (Å²) in [5, 5.41) is 5.64. The average Bonchev–Trinajstić information content (AvgIpc) is 2.66. The number of nitrogens with one attached hydrogen (secondary N) is 2. The van der Waals surface area contributed by atoms with Gasteiger partial charge in [-0.25, -0.2) is 13.2 Å². The highest BCUT2D eigenvalue weighted by molar-refractivity contribution is 7.89. The van der Waals surface area contributed by atoms with E-state index in [4.69, 9.17) is 0 Å². The third kappa shape index (κ3) is 6.07. The summed E-state index contributed by atoms with van der Waals surface area (Å²) >= 11 is 0. The molecule has 0 aliphatic carbocycles. The predicted octanol–water partition coefficient (Wildman–Crippen LogP) is 3.86. The van der Waals surface area contributed by atoms with Gasteiger partial charge in [-0.3, -0.25) is 0 Å². The molecule has 0 bridgehead atoms. The Bertz CT molecular complexity index is 866. The number of hydrogen-bond acceptors (Lipinski definition) is 3. The van der Waals surface area contributed by atoms with Crippen molar-refractivity contribution < 1.29 is 13.2 Å². The van der Waals surface area contributed by atoms with Gasteiger partial charge in [0.15, 0.2) is 0 Å². The molecular weight excluding hydrogens is 374 g/mol. The van der Waals surface area contributed by atoms with Gasteiger partial charge >= 0.3 is 6.03 Å². The molecule has 2 aromatic rings. The van der Waals surface area contributed by atoms with Gasteiger partial charge in [0.05, 0.1) is 4.90 Å². The molecule has 0 spiro atoms. The average molecular weight is 404 g/mol. The topological polar surface area (TPSA) is 78.5 Å². The van der Waals surface area contributed by atoms with Gasteiger partial charge in [-0.05, 0) is 63.4 Å². The van der Waals surface area contributed by atoms with E-state index in [0.717, 1.165) is 12.8 Å². The maximum absolute atomic E-state index is 12.5. The summed E-state index contributed by atoms with van der Waals surface area (Å²) < 4.78 is 26.3. The zero-order valence-corrected chi connectivity index (χ0v) is 17.7. The summed E-state index contributed by atoms with van der Waals surface area (Å²) in [4.78, 5) is 12.4. The van der Waals surface area contributed by atoms with Gasteiger partial charge in [-0.1, -0.05) is 30.3 Å². The van der Waals surface area contributed by atoms with E-state index in [1.807, 2.05) is 39.0 Å². The molecule has 0 aliphatic heterocycles. The first kappa shape index (κ1) is 21.9. The van der Waals surface area contributed by atoms with Crippen molar-refractivity contribution >= 4 is 21.7 Å². The minimum absolute atomic E-state index is 0.0135. The zero-order valence-electron chi connectivity index (χ0n) is 16.8. The van der Waals surface area contributed by atoms with Gasteiger partial charge < -0.3 is 10.6 Å². The third-order valence-corrected chi connectivity index (χ3v) is 6.65. The molecule has 28 heavy (non-hydrogen) atoms. The lowest BCUT2D eigenvalue weighted by Crippen LogP contribution is -2.36. The summed E-state index contributed by atoms with van der Waals surface area (Å²) in [5.74, 6) is 0. The summed E-state index contributed by atoms with van der Waals surface area (Å²) in [5.41, 5.74) is 1.78. The molecule has 0 saturated carbocycles. The second-order valence-corrected chi connectivity index (χ2v) is 9.16. The number of aryl methyl sites for hydroxylation is 1. The molecule has 0 radical (unpaired) electrons. The summed E-state index contributed by atoms with van der Waals surface area (Å²) in [7, 11) is -1.98. The minimum Gasteiger partial charge on any atom is -0.335 e. The molecule has 1 unspecified atom stereocenters. The summed E-state index contributed by atoms with van der Waals surface area (Å²) in [6.07, 6.45) is 1.72. The molecule has 2 amide bonds. The van der Waals surface area contributed by atoms with Crippen LogP contribution in [-0.4, -0.2) is 37.9 Å². The fourth-order valence-electron chi connectivity index (χ4n) is 2.65. The smallest absolute Gasteiger partial charge is 0.319 e. The largest absolute Gasteiger partial charge is 0.335 e. The Morgan fingerprint density at radius 1 is 1.00 bits per heavy atom. The first-order valence-corrected chi connectivity index (χ1v) is 10.8. The molecule has 6 nitrogen and oxygen atoms in total. The highest BCUT2D eigenvalue weighted by Gasteiger charge is 2.22. The predicted molar refractivity (Wildman–Crippen MR) is 113 cm³/mol. The first-order chi connectivity index (χ1) is 13.2. The fraction of sp³-hybridized carbons (Fsp3) is 0.381. The Balaban J connectivity index is 1.88. The first-order valence-electron chi connectivity index (χ1n) is 9.39. The molecular formula is C21H29N3O3S. The van der Waals surface area contributed by atoms with Gasteiger partial charge in [0, 0.05) is 24.8 Å². The second kappa shape index (κ2) is 9.71. The van der Waals surface area contributed by atoms with Crippen LogP contribution in [0.5, 0.6) is 0 Å². The van der Waals surface area contributed by atoms with Crippen molar-refractivity contribution in [2.45, 2.75) is 50.6 Å². The van der Waals surface area contributed by atoms with Crippen LogP contribution in [0.25, 0.3) is 0 Å². The molecule has 0 aromatic heterocycles. The van der Waals surface area contributed by atoms with Gasteiger partial charge in [-0.2, -0.15) is 4.31 Å². The number of hydrogen-bond donors (Lipinski definition) is 2. The molecule has 2 aromatic carbocycles. The van der Waals surface area contributed by atoms with Crippen LogP contribution in [0, 0.1) is 0 Å². The van der Waals surface area contributed by atoms with Crippen LogP contribution in [0.3, 0.4) is 0 Å². The maximum Gasteiger partial charge on any atom is 0.319 e. The molecule has 7 heteroatoms. The lowest BCUT2D eigenvalue weighted by Gasteiger charge is -2.21. The van der Waals surface area contributed by atoms with E-state index in [9.17, 15) is 13.2 Å². The van der Waals surface area contributed by atoms with Crippen molar-refractivity contribution in [1.29, 1.82) is 0 Å². The van der Waals surface area contributed by atoms with Gasteiger partial charge in [-0.15, -0.1) is 0 Å². The van der Waals surface area contributed by atoms with Gasteiger partial charge in [0.1, 0.15) is 0 Å². The lowest BCUT2D eigenvalue weighted by molar-refractivity contribution is 0.248. The van der Waals surface area contributed by atoms with Crippen molar-refractivity contribution in [3.8, 4) is 0 Å². The van der Waals surface area contributed by atoms with Crippen molar-refractivity contribution in [2.75, 3.05) is 12.4 Å². The van der Waals surface area contributed by atoms with Crippen molar-refractivity contribution in [3.05, 3.63) is 60.2 Å². The van der Waals surface area contributed by atoms with Crippen LogP contribution in [-0.2, 0) is 16.4 Å². The van der Waals surface area contributed by atoms with Crippen molar-refractivity contribution in [2.24, 2.45) is 0 Å². The van der Waals surface area contributed by atoms with E-state index >= 15 is 0 Å². The number of nitrogens with zero attached hydrogens (tertiary/aromatic N) is 1. The third-order valence-electron chi connectivity index (χ3n) is 4.60. The van der Waals surface area contributed by atoms with E-state index in [1.54, 1.807) is 19.2 Å². The monoisotopic (exact) mass is 403 g/mol. The molecule has 0 aliphatic rings. The van der Waals surface area contributed by atoms with Crippen LogP contribution >= 0.6 is 0 Å². The van der Waals surface area contributed by atoms with Crippen molar-refractivity contribution in [3.63, 3.8) is 0 Å². The second-order valence-electron chi connectivity index (χ2n) is 7.16. The number of carbonyl (C=O) groups excluding carboxylic acids is 1. The number of rotatable bonds is 8. The van der Waals surface area contributed by atoms with Gasteiger partial charge in [0.25, 0.3) is 0 Å². The van der Waals surface area contributed by atoms with E-state index in [-0.39, 0.29) is 23.0 Å². The highest BCUT2D eigenvalue weighted by Crippen LogP contribution is 2.19. The van der Waals surface area contributed by atoms with E-state index in [0.29, 0.717) is 5.69 Å². The molecule has 1 atom stereocenters. The summed E-state index contributed by atoms with van der Waals surface area (Å²) in [6, 6.07) is 15.9. The number of anilines is 1. The maximum atomic E-state index is 12.5. The van der Waals surface area contributed by atoms with Crippen LogP contribution in [0.4, 0.5) is 10.5 Å². The number of carbonyl (C=O) groups is 1. The van der Waals surface area contributed by atoms with E-state index < -0.39 is 10.0 Å². The minimum atomic E-state index is -3.53. The molecule has 0 fully saturated rings. The number of benzene rings is 2. The zero-order chi connectivity index (χ0) is 20.7. The van der Waals surface area contributed by atoms with Crippen LogP contribution in [0.2, 0.25) is 0 Å². The number of amides is 2. The standard InChI is InChI=1S/C21H29N3O3S/c1-16(2)24(4)28(26,27)20-14-12-19(13-15-20)23-21(25)22-17(3)10-11-18-8-6-5-7-9-18/h5-9,12-17H,10-11H2,1-4H3,(H2,22,23,25). The van der Waals surface area contributed by atoms with Crippen LogP contribution in [0.15, 0.2) is 59.5 Å². The fourth-order valence-corrected chi connectivity index (χ4v) is 4.01. The summed E-state index contributed by atoms with van der Waals surface area (Å²) in [6.45, 7) is 5.59. The molecule has 2 rings (SSSR count). The highest BCUT2D eigenvalue weighted by atomic mass is 32.2. The lowest BCUT2D eigenvalue weighted by atomic mass is 10.1. The Morgan fingerprint density at radius 2 is 1.61 bits per heavy atom. The van der Waals surface area contributed by atoms with Gasteiger partial charge in [0.2, 0.25) is 10.0 Å². The van der Waals surface area contributed by atoms with Crippen LogP contribution in [0.1, 0.15) is 32.8 Å². The molecule has 0 saturated heterocycles. The molecule has 0 heterocycles. The Labute approximate surface area is 168 Å². The Morgan fingerprint density at radius 3 is 2.18 bits per heavy atom. The Kier molecular flexibility index (Phi) is 7.60. The van der Waals surface area contributed by atoms with Crippen LogP contribution < -0.4 is 10.6 Å². The molecule has 2 N–H and O–H groups in total. The normalized spacial score (nSPS) is 12.8. The number of sulfonamides is 1.